The number of likely N-dealkylation sites (tertiary alicyclic amines) is 1. The Labute approximate surface area is 258 Å². The van der Waals surface area contributed by atoms with Gasteiger partial charge >= 0.3 is 0 Å². The zero-order chi connectivity index (χ0) is 31.0. The summed E-state index contributed by atoms with van der Waals surface area (Å²) in [5, 5.41) is 0.547. The minimum Gasteiger partial charge on any atom is -0.378 e. The van der Waals surface area contributed by atoms with E-state index in [2.05, 4.69) is 0 Å². The number of ether oxygens (including phenoxy) is 1. The van der Waals surface area contributed by atoms with Crippen LogP contribution in [0.1, 0.15) is 42.4 Å². The van der Waals surface area contributed by atoms with Crippen LogP contribution in [0.5, 0.6) is 0 Å². The lowest BCUT2D eigenvalue weighted by Gasteiger charge is -2.30. The minimum atomic E-state index is -3.72. The summed E-state index contributed by atoms with van der Waals surface area (Å²) in [7, 11) is -3.72. The third-order valence-electron chi connectivity index (χ3n) is 8.12. The number of aryl methyl sites for hydroxylation is 1. The summed E-state index contributed by atoms with van der Waals surface area (Å²) in [6.45, 7) is 2.25. The van der Waals surface area contributed by atoms with E-state index in [0.29, 0.717) is 56.3 Å². The maximum Gasteiger partial charge on any atom is 0.227 e. The van der Waals surface area contributed by atoms with Gasteiger partial charge in [-0.1, -0.05) is 48.0 Å². The fourth-order valence-corrected chi connectivity index (χ4v) is 7.78. The molecular weight excluding hydrogens is 592 g/mol. The molecule has 2 aromatic rings. The topological polar surface area (TPSA) is 153 Å². The van der Waals surface area contributed by atoms with Crippen molar-refractivity contribution >= 4 is 39.0 Å². The molecule has 4 N–H and O–H groups in total. The Morgan fingerprint density at radius 3 is 2.44 bits per heavy atom. The predicted molar refractivity (Wildman–Crippen MR) is 165 cm³/mol. The van der Waals surface area contributed by atoms with Crippen LogP contribution in [0.15, 0.2) is 48.5 Å². The highest BCUT2D eigenvalue weighted by Gasteiger charge is 2.41. The average Bonchev–Trinajstić information content (AvgIpc) is 3.39. The van der Waals surface area contributed by atoms with E-state index in [1.54, 1.807) is 47.4 Å². The zero-order valence-electron chi connectivity index (χ0n) is 24.3. The van der Waals surface area contributed by atoms with Gasteiger partial charge in [-0.05, 0) is 48.1 Å². The molecule has 0 radical (unpaired) electrons. The molecule has 0 bridgehead atoms. The Morgan fingerprint density at radius 2 is 1.74 bits per heavy atom. The second kappa shape index (κ2) is 15.3. The van der Waals surface area contributed by atoms with Crippen LogP contribution in [0.2, 0.25) is 5.02 Å². The number of rotatable bonds is 13. The lowest BCUT2D eigenvalue weighted by atomic mass is 9.97. The molecule has 2 fully saturated rings. The van der Waals surface area contributed by atoms with Crippen molar-refractivity contribution in [2.45, 2.75) is 56.5 Å². The van der Waals surface area contributed by atoms with Crippen LogP contribution in [0.25, 0.3) is 0 Å². The van der Waals surface area contributed by atoms with Crippen molar-refractivity contribution in [2.24, 2.45) is 17.4 Å². The largest absolute Gasteiger partial charge is 0.378 e. The number of hydrogen-bond acceptors (Lipinski definition) is 8. The van der Waals surface area contributed by atoms with Gasteiger partial charge in [0, 0.05) is 50.1 Å². The Kier molecular flexibility index (Phi) is 11.7. The summed E-state index contributed by atoms with van der Waals surface area (Å²) in [6.07, 6.45) is 0.925. The summed E-state index contributed by atoms with van der Waals surface area (Å²) in [6, 6.07) is 13.0. The highest BCUT2D eigenvalue weighted by Crippen LogP contribution is 2.26. The molecule has 0 aromatic heterocycles. The van der Waals surface area contributed by atoms with Gasteiger partial charge < -0.3 is 26.0 Å². The van der Waals surface area contributed by atoms with Gasteiger partial charge in [-0.25, -0.2) is 8.42 Å². The molecule has 0 aliphatic carbocycles. The van der Waals surface area contributed by atoms with E-state index in [-0.39, 0.29) is 43.3 Å². The van der Waals surface area contributed by atoms with Crippen LogP contribution in [0, 0.1) is 5.92 Å². The lowest BCUT2D eigenvalue weighted by molar-refractivity contribution is -0.141. The molecule has 2 aliphatic rings. The Bertz CT molecular complexity index is 1380. The van der Waals surface area contributed by atoms with Crippen molar-refractivity contribution in [3.8, 4) is 0 Å². The van der Waals surface area contributed by atoms with Crippen LogP contribution >= 0.6 is 11.6 Å². The first-order chi connectivity index (χ1) is 20.6. The predicted octanol–water partition coefficient (Wildman–Crippen LogP) is 2.10. The molecule has 3 atom stereocenters. The second-order valence-electron chi connectivity index (χ2n) is 11.4. The van der Waals surface area contributed by atoms with E-state index in [1.165, 1.54) is 4.90 Å². The monoisotopic (exact) mass is 632 g/mol. The van der Waals surface area contributed by atoms with Gasteiger partial charge in [0.2, 0.25) is 11.8 Å². The Balaban J connectivity index is 1.49. The summed E-state index contributed by atoms with van der Waals surface area (Å²) in [5.41, 5.74) is 14.5. The standard InChI is InChI=1S/C31H41ClN4O6S/c32-26-9-6-24(18-33)23(16-26)7-10-29(37)28-17-27(34)19-36(28)31(39)25(8-11-30(38)35-12-14-42-15-13-35)21-43(40,41)20-22-4-2-1-3-5-22/h1-6,9,16,25,27-28H,7-8,10-15,17-21,33-34H2/t25-,27+,28-/m0/s1. The summed E-state index contributed by atoms with van der Waals surface area (Å²) >= 11 is 6.16. The minimum absolute atomic E-state index is 0.0202. The average molecular weight is 633 g/mol. The molecule has 0 unspecified atom stereocenters. The number of amides is 2. The molecular formula is C31H41ClN4O6S. The van der Waals surface area contributed by atoms with Crippen molar-refractivity contribution in [1.29, 1.82) is 0 Å². The summed E-state index contributed by atoms with van der Waals surface area (Å²) in [4.78, 5) is 43.5. The van der Waals surface area contributed by atoms with Crippen molar-refractivity contribution in [3.05, 3.63) is 70.2 Å². The number of benzene rings is 2. The third kappa shape index (κ3) is 9.33. The van der Waals surface area contributed by atoms with Crippen molar-refractivity contribution in [1.82, 2.24) is 9.80 Å². The number of nitrogens with zero attached hydrogens (tertiary/aromatic N) is 2. The number of hydrogen-bond donors (Lipinski definition) is 2. The van der Waals surface area contributed by atoms with Gasteiger partial charge in [0.25, 0.3) is 0 Å². The van der Waals surface area contributed by atoms with Gasteiger partial charge in [-0.15, -0.1) is 0 Å². The van der Waals surface area contributed by atoms with E-state index in [4.69, 9.17) is 27.8 Å². The SMILES string of the molecule is NCc1ccc(Cl)cc1CCC(=O)[C@@H]1C[C@@H](N)CN1C(=O)[C@@H](CCC(=O)N1CCOCC1)CS(=O)(=O)Cc1ccccc1. The van der Waals surface area contributed by atoms with Crippen LogP contribution in [-0.4, -0.2) is 86.5 Å². The Morgan fingerprint density at radius 1 is 1.02 bits per heavy atom. The molecule has 43 heavy (non-hydrogen) atoms. The molecule has 4 rings (SSSR count). The van der Waals surface area contributed by atoms with Crippen LogP contribution in [0.4, 0.5) is 0 Å². The van der Waals surface area contributed by atoms with E-state index >= 15 is 0 Å². The molecule has 2 amide bonds. The number of sulfone groups is 1. The van der Waals surface area contributed by atoms with E-state index < -0.39 is 39.5 Å². The van der Waals surface area contributed by atoms with Gasteiger partial charge in [0.1, 0.15) is 0 Å². The first kappa shape index (κ1) is 33.1. The molecule has 0 saturated carbocycles. The van der Waals surface area contributed by atoms with Crippen LogP contribution < -0.4 is 11.5 Å². The van der Waals surface area contributed by atoms with E-state index in [9.17, 15) is 22.8 Å². The molecule has 2 saturated heterocycles. The highest BCUT2D eigenvalue weighted by molar-refractivity contribution is 7.90. The molecule has 0 spiro atoms. The highest BCUT2D eigenvalue weighted by atomic mass is 35.5. The third-order valence-corrected chi connectivity index (χ3v) is 10.0. The summed E-state index contributed by atoms with van der Waals surface area (Å²) < 4.78 is 31.9. The van der Waals surface area contributed by atoms with Gasteiger partial charge in [-0.2, -0.15) is 0 Å². The van der Waals surface area contributed by atoms with Crippen molar-refractivity contribution in [2.75, 3.05) is 38.6 Å². The number of Topliss-reactive ketones (excluding diaryl/α,β-unsaturated/α-hetero) is 1. The Hall–Kier alpha value is -2.83. The second-order valence-corrected chi connectivity index (χ2v) is 13.9. The number of carbonyl (C=O) groups excluding carboxylic acids is 3. The quantitative estimate of drug-likeness (QED) is 0.340. The molecule has 2 aromatic carbocycles. The lowest BCUT2D eigenvalue weighted by Crippen LogP contribution is -2.46. The number of nitrogens with two attached hydrogens (primary N) is 2. The van der Waals surface area contributed by atoms with E-state index in [1.807, 2.05) is 6.07 Å². The number of ketones is 1. The van der Waals surface area contributed by atoms with Crippen molar-refractivity contribution < 1.29 is 27.5 Å². The van der Waals surface area contributed by atoms with E-state index in [0.717, 1.165) is 11.1 Å². The normalized spacial score (nSPS) is 19.8. The molecule has 2 heterocycles. The number of carbonyl (C=O) groups is 3. The van der Waals surface area contributed by atoms with Crippen LogP contribution in [0.3, 0.4) is 0 Å². The first-order valence-corrected chi connectivity index (χ1v) is 16.9. The molecule has 12 heteroatoms. The van der Waals surface area contributed by atoms with Crippen molar-refractivity contribution in [3.63, 3.8) is 0 Å². The van der Waals surface area contributed by atoms with Gasteiger partial charge in [0.05, 0.1) is 36.7 Å². The van der Waals surface area contributed by atoms with Crippen LogP contribution in [-0.2, 0) is 47.7 Å². The van der Waals surface area contributed by atoms with Gasteiger partial charge in [0.15, 0.2) is 15.6 Å². The maximum absolute atomic E-state index is 14.0. The summed E-state index contributed by atoms with van der Waals surface area (Å²) in [5.74, 6) is -2.39. The fourth-order valence-electron chi connectivity index (χ4n) is 5.84. The molecule has 10 nitrogen and oxygen atoms in total. The maximum atomic E-state index is 14.0. The zero-order valence-corrected chi connectivity index (χ0v) is 25.9. The first-order valence-electron chi connectivity index (χ1n) is 14.7. The number of morpholine rings is 1. The van der Waals surface area contributed by atoms with Gasteiger partial charge in [-0.3, -0.25) is 14.4 Å². The molecule has 2 aliphatic heterocycles. The molecule has 234 valence electrons. The fraction of sp³-hybridized carbons (Fsp3) is 0.516. The number of halogens is 1. The smallest absolute Gasteiger partial charge is 0.227 e.